The molecule has 0 unspecified atom stereocenters. The number of hydrogen-bond acceptors (Lipinski definition) is 3. The van der Waals surface area contributed by atoms with Gasteiger partial charge in [-0.15, -0.1) is 0 Å². The smallest absolute Gasteiger partial charge is 0.399 e. The van der Waals surface area contributed by atoms with E-state index in [4.69, 9.17) is 17.3 Å². The number of halogens is 4. The third kappa shape index (κ3) is 4.37. The van der Waals surface area contributed by atoms with Gasteiger partial charge in [0.15, 0.2) is 0 Å². The van der Waals surface area contributed by atoms with Crippen molar-refractivity contribution in [3.8, 4) is 0 Å². The van der Waals surface area contributed by atoms with Gasteiger partial charge < -0.3 is 5.73 Å². The number of nitrogen functional groups attached to an aromatic ring is 1. The highest BCUT2D eigenvalue weighted by molar-refractivity contribution is 7.89. The van der Waals surface area contributed by atoms with Crippen LogP contribution in [0.1, 0.15) is 11.1 Å². The van der Waals surface area contributed by atoms with Crippen molar-refractivity contribution >= 4 is 27.3 Å². The summed E-state index contributed by atoms with van der Waals surface area (Å²) in [5.41, 5.74) is 5.13. The van der Waals surface area contributed by atoms with Crippen molar-refractivity contribution < 1.29 is 21.6 Å². The number of hydrogen-bond donors (Lipinski definition) is 2. The zero-order chi connectivity index (χ0) is 17.3. The molecule has 0 amide bonds. The highest BCUT2D eigenvalue weighted by Gasteiger charge is 2.30. The lowest BCUT2D eigenvalue weighted by Crippen LogP contribution is -2.23. The second-order valence-electron chi connectivity index (χ2n) is 4.70. The highest BCUT2D eigenvalue weighted by atomic mass is 35.5. The van der Waals surface area contributed by atoms with Crippen LogP contribution in [0.25, 0.3) is 0 Å². The van der Waals surface area contributed by atoms with Crippen LogP contribution in [-0.2, 0) is 22.7 Å². The molecule has 2 aromatic rings. The summed E-state index contributed by atoms with van der Waals surface area (Å²) in [7, 11) is -3.85. The van der Waals surface area contributed by atoms with Crippen molar-refractivity contribution in [3.05, 3.63) is 58.6 Å². The van der Waals surface area contributed by atoms with Gasteiger partial charge in [-0.2, -0.15) is 13.2 Å². The summed E-state index contributed by atoms with van der Waals surface area (Å²) in [4.78, 5) is -0.0412. The Morgan fingerprint density at radius 2 is 1.83 bits per heavy atom. The maximum atomic E-state index is 12.6. The van der Waals surface area contributed by atoms with Crippen LogP contribution in [0.4, 0.5) is 18.9 Å². The minimum absolute atomic E-state index is 0.0412. The monoisotopic (exact) mass is 364 g/mol. The fraction of sp³-hybridized carbons (Fsp3) is 0.143. The van der Waals surface area contributed by atoms with E-state index in [0.717, 1.165) is 18.2 Å². The van der Waals surface area contributed by atoms with Gasteiger partial charge in [0, 0.05) is 17.3 Å². The molecule has 0 atom stereocenters. The number of sulfonamides is 1. The first-order valence-corrected chi connectivity index (χ1v) is 8.16. The second kappa shape index (κ2) is 6.38. The Bertz CT molecular complexity index is 823. The van der Waals surface area contributed by atoms with E-state index in [-0.39, 0.29) is 27.7 Å². The fourth-order valence-corrected chi connectivity index (χ4v) is 3.11. The van der Waals surface area contributed by atoms with E-state index >= 15 is 0 Å². The minimum Gasteiger partial charge on any atom is -0.399 e. The summed E-state index contributed by atoms with van der Waals surface area (Å²) in [6, 6.07) is 8.37. The Labute approximate surface area is 136 Å². The second-order valence-corrected chi connectivity index (χ2v) is 6.88. The van der Waals surface area contributed by atoms with E-state index in [9.17, 15) is 21.6 Å². The Hall–Kier alpha value is -1.77. The molecule has 2 aromatic carbocycles. The molecule has 0 spiro atoms. The van der Waals surface area contributed by atoms with Crippen molar-refractivity contribution in [3.63, 3.8) is 0 Å². The predicted molar refractivity (Wildman–Crippen MR) is 81.3 cm³/mol. The molecule has 0 radical (unpaired) electrons. The maximum absolute atomic E-state index is 12.6. The lowest BCUT2D eigenvalue weighted by Gasteiger charge is -2.11. The normalized spacial score (nSPS) is 12.3. The van der Waals surface area contributed by atoms with Gasteiger partial charge in [-0.25, -0.2) is 13.1 Å². The lowest BCUT2D eigenvalue weighted by atomic mass is 10.1. The highest BCUT2D eigenvalue weighted by Crippen LogP contribution is 2.32. The van der Waals surface area contributed by atoms with E-state index in [2.05, 4.69) is 4.72 Å². The van der Waals surface area contributed by atoms with E-state index in [1.165, 1.54) is 24.3 Å². The molecule has 23 heavy (non-hydrogen) atoms. The van der Waals surface area contributed by atoms with Crippen LogP contribution in [0.2, 0.25) is 5.02 Å². The van der Waals surface area contributed by atoms with Gasteiger partial charge in [-0.3, -0.25) is 0 Å². The molecule has 0 aliphatic carbocycles. The van der Waals surface area contributed by atoms with E-state index in [1.54, 1.807) is 0 Å². The molecule has 0 saturated heterocycles. The van der Waals surface area contributed by atoms with Crippen LogP contribution < -0.4 is 10.5 Å². The first-order valence-electron chi connectivity index (χ1n) is 6.30. The van der Waals surface area contributed by atoms with Crippen LogP contribution in [0.3, 0.4) is 0 Å². The summed E-state index contributed by atoms with van der Waals surface area (Å²) in [6.45, 7) is -0.242. The minimum atomic E-state index is -4.51. The molecule has 0 saturated carbocycles. The molecule has 0 aliphatic heterocycles. The Kier molecular flexibility index (Phi) is 4.88. The number of benzene rings is 2. The zero-order valence-electron chi connectivity index (χ0n) is 11.6. The summed E-state index contributed by atoms with van der Waals surface area (Å²) in [5, 5.41) is -0.171. The predicted octanol–water partition coefficient (Wildman–Crippen LogP) is 3.42. The Morgan fingerprint density at radius 3 is 2.39 bits per heavy atom. The molecule has 0 fully saturated rings. The number of rotatable bonds is 4. The van der Waals surface area contributed by atoms with Crippen LogP contribution in [0.15, 0.2) is 47.4 Å². The average molecular weight is 365 g/mol. The molecule has 124 valence electrons. The SMILES string of the molecule is Nc1cccc(S(=O)(=O)NCc2ccc(C(F)(F)F)cc2Cl)c1. The topological polar surface area (TPSA) is 72.2 Å². The number of alkyl halides is 3. The molecule has 0 aromatic heterocycles. The van der Waals surface area contributed by atoms with Crippen molar-refractivity contribution in [1.29, 1.82) is 0 Å². The Balaban J connectivity index is 2.18. The molecule has 0 heterocycles. The Morgan fingerprint density at radius 1 is 1.13 bits per heavy atom. The van der Waals surface area contributed by atoms with Gasteiger partial charge in [0.1, 0.15) is 0 Å². The molecular weight excluding hydrogens is 353 g/mol. The summed E-state index contributed by atoms with van der Waals surface area (Å²) in [5.74, 6) is 0. The third-order valence-corrected chi connectivity index (χ3v) is 4.75. The van der Waals surface area contributed by atoms with E-state index in [0.29, 0.717) is 0 Å². The van der Waals surface area contributed by atoms with Crippen LogP contribution in [0, 0.1) is 0 Å². The van der Waals surface area contributed by atoms with Crippen LogP contribution >= 0.6 is 11.6 Å². The fourth-order valence-electron chi connectivity index (χ4n) is 1.80. The summed E-state index contributed by atoms with van der Waals surface area (Å²) >= 11 is 5.78. The zero-order valence-corrected chi connectivity index (χ0v) is 13.1. The van der Waals surface area contributed by atoms with Crippen molar-refractivity contribution in [2.75, 3.05) is 5.73 Å². The van der Waals surface area contributed by atoms with Gasteiger partial charge in [0.25, 0.3) is 0 Å². The number of nitrogens with two attached hydrogens (primary N) is 1. The van der Waals surface area contributed by atoms with Gasteiger partial charge in [0.2, 0.25) is 10.0 Å². The van der Waals surface area contributed by atoms with E-state index < -0.39 is 21.8 Å². The van der Waals surface area contributed by atoms with Crippen LogP contribution in [0.5, 0.6) is 0 Å². The van der Waals surface area contributed by atoms with E-state index in [1.807, 2.05) is 0 Å². The maximum Gasteiger partial charge on any atom is 0.416 e. The molecule has 3 N–H and O–H groups in total. The molecule has 4 nitrogen and oxygen atoms in total. The van der Waals surface area contributed by atoms with Crippen molar-refractivity contribution in [2.24, 2.45) is 0 Å². The number of nitrogens with one attached hydrogen (secondary N) is 1. The van der Waals surface area contributed by atoms with Gasteiger partial charge in [-0.1, -0.05) is 23.7 Å². The van der Waals surface area contributed by atoms with Gasteiger partial charge >= 0.3 is 6.18 Å². The summed E-state index contributed by atoms with van der Waals surface area (Å²) in [6.07, 6.45) is -4.51. The number of anilines is 1. The molecule has 9 heteroatoms. The lowest BCUT2D eigenvalue weighted by molar-refractivity contribution is -0.137. The van der Waals surface area contributed by atoms with Gasteiger partial charge in [-0.05, 0) is 35.9 Å². The standard InChI is InChI=1S/C14H12ClF3N2O2S/c15-13-6-10(14(16,17)18)5-4-9(13)8-20-23(21,22)12-3-1-2-11(19)7-12/h1-7,20H,8,19H2. The van der Waals surface area contributed by atoms with Crippen molar-refractivity contribution in [2.45, 2.75) is 17.6 Å². The molecule has 0 aliphatic rings. The molecule has 2 rings (SSSR count). The van der Waals surface area contributed by atoms with Crippen LogP contribution in [-0.4, -0.2) is 8.42 Å². The molecule has 0 bridgehead atoms. The largest absolute Gasteiger partial charge is 0.416 e. The first kappa shape index (κ1) is 17.6. The third-order valence-electron chi connectivity index (χ3n) is 3.00. The quantitative estimate of drug-likeness (QED) is 0.816. The first-order chi connectivity index (χ1) is 10.6. The molecular formula is C14H12ClF3N2O2S. The van der Waals surface area contributed by atoms with Crippen molar-refractivity contribution in [1.82, 2.24) is 4.72 Å². The van der Waals surface area contributed by atoms with Gasteiger partial charge in [0.05, 0.1) is 10.5 Å². The summed E-state index contributed by atoms with van der Waals surface area (Å²) < 4.78 is 64.1. The average Bonchev–Trinajstić information content (AvgIpc) is 2.45.